The van der Waals surface area contributed by atoms with Crippen molar-refractivity contribution >= 4 is 0 Å². The average Bonchev–Trinajstić information content (AvgIpc) is 2.85. The molecule has 0 bridgehead atoms. The van der Waals surface area contributed by atoms with E-state index >= 15 is 0 Å². The molecule has 0 aliphatic heterocycles. The molecule has 0 aromatic heterocycles. The minimum atomic E-state index is 0.885. The zero-order valence-corrected chi connectivity index (χ0v) is 21.5. The predicted octanol–water partition coefficient (Wildman–Crippen LogP) is 9.77. The van der Waals surface area contributed by atoms with Crippen molar-refractivity contribution in [1.29, 1.82) is 0 Å². The fraction of sp³-hybridized carbons (Fsp3) is 0.806. The molecule has 1 aromatic carbocycles. The van der Waals surface area contributed by atoms with Crippen molar-refractivity contribution < 1.29 is 4.74 Å². The number of hydrogen-bond donors (Lipinski definition) is 0. The topological polar surface area (TPSA) is 9.23 Å². The molecule has 0 saturated heterocycles. The van der Waals surface area contributed by atoms with E-state index in [4.69, 9.17) is 4.74 Å². The first-order valence-corrected chi connectivity index (χ1v) is 14.5. The van der Waals surface area contributed by atoms with E-state index in [0.29, 0.717) is 0 Å². The maximum absolute atomic E-state index is 6.06. The number of ether oxygens (including phenoxy) is 1. The Morgan fingerprint density at radius 3 is 1.50 bits per heavy atom. The van der Waals surface area contributed by atoms with Crippen LogP contribution in [0.3, 0.4) is 0 Å². The van der Waals surface area contributed by atoms with Crippen molar-refractivity contribution in [3.63, 3.8) is 0 Å². The molecule has 2 aliphatic rings. The summed E-state index contributed by atoms with van der Waals surface area (Å²) in [5.74, 6) is 5.05. The minimum Gasteiger partial charge on any atom is -0.494 e. The molecule has 0 unspecified atom stereocenters. The third kappa shape index (κ3) is 9.48. The summed E-state index contributed by atoms with van der Waals surface area (Å²) in [4.78, 5) is 0. The van der Waals surface area contributed by atoms with Crippen molar-refractivity contribution in [2.24, 2.45) is 23.7 Å². The monoisotopic (exact) mass is 440 g/mol. The van der Waals surface area contributed by atoms with Gasteiger partial charge in [-0.25, -0.2) is 0 Å². The Morgan fingerprint density at radius 2 is 1.03 bits per heavy atom. The summed E-state index contributed by atoms with van der Waals surface area (Å²) >= 11 is 0. The second-order valence-corrected chi connectivity index (χ2v) is 11.2. The molecule has 3 rings (SSSR count). The lowest BCUT2D eigenvalue weighted by molar-refractivity contribution is 0.228. The molecule has 182 valence electrons. The Hall–Kier alpha value is -0.980. The fourth-order valence-electron chi connectivity index (χ4n) is 6.29. The van der Waals surface area contributed by atoms with Crippen LogP contribution in [0.5, 0.6) is 5.75 Å². The van der Waals surface area contributed by atoms with E-state index in [9.17, 15) is 0 Å². The number of hydrogen-bond acceptors (Lipinski definition) is 1. The summed E-state index contributed by atoms with van der Waals surface area (Å²) in [6.07, 6.45) is 25.5. The molecule has 2 aliphatic carbocycles. The Bertz CT molecular complexity index is 575. The van der Waals surface area contributed by atoms with Gasteiger partial charge in [0.1, 0.15) is 5.75 Å². The van der Waals surface area contributed by atoms with E-state index in [1.54, 1.807) is 0 Å². The molecule has 0 N–H and O–H groups in total. The molecule has 0 spiro atoms. The fourth-order valence-corrected chi connectivity index (χ4v) is 6.29. The Labute approximate surface area is 200 Å². The van der Waals surface area contributed by atoms with Crippen LogP contribution in [0.1, 0.15) is 129 Å². The van der Waals surface area contributed by atoms with Gasteiger partial charge in [-0.2, -0.15) is 0 Å². The summed E-state index contributed by atoms with van der Waals surface area (Å²) < 4.78 is 6.06. The summed E-state index contributed by atoms with van der Waals surface area (Å²) in [7, 11) is 0. The number of unbranched alkanes of at least 4 members (excludes halogenated alkanes) is 2. The van der Waals surface area contributed by atoms with Crippen LogP contribution in [0.15, 0.2) is 24.3 Å². The van der Waals surface area contributed by atoms with Crippen LogP contribution in [0, 0.1) is 23.7 Å². The molecular weight excluding hydrogens is 388 g/mol. The van der Waals surface area contributed by atoms with Gasteiger partial charge in [0.15, 0.2) is 0 Å². The Morgan fingerprint density at radius 1 is 0.594 bits per heavy atom. The molecule has 0 radical (unpaired) electrons. The van der Waals surface area contributed by atoms with Crippen LogP contribution < -0.4 is 4.74 Å². The molecule has 32 heavy (non-hydrogen) atoms. The van der Waals surface area contributed by atoms with Gasteiger partial charge < -0.3 is 4.74 Å². The smallest absolute Gasteiger partial charge is 0.119 e. The summed E-state index contributed by atoms with van der Waals surface area (Å²) in [5.41, 5.74) is 1.49. The second-order valence-electron chi connectivity index (χ2n) is 11.2. The van der Waals surface area contributed by atoms with Gasteiger partial charge in [-0.15, -0.1) is 0 Å². The molecule has 0 amide bonds. The van der Waals surface area contributed by atoms with Gasteiger partial charge >= 0.3 is 0 Å². The molecule has 0 heterocycles. The van der Waals surface area contributed by atoms with E-state index in [0.717, 1.165) is 36.0 Å². The third-order valence-electron chi connectivity index (χ3n) is 8.65. The molecule has 2 saturated carbocycles. The lowest BCUT2D eigenvalue weighted by atomic mass is 9.78. The summed E-state index contributed by atoms with van der Waals surface area (Å²) in [5, 5.41) is 0. The largest absolute Gasteiger partial charge is 0.494 e. The van der Waals surface area contributed by atoms with Gasteiger partial charge in [-0.1, -0.05) is 116 Å². The standard InChI is InChI=1S/C31H52O/c1-3-5-8-26-11-13-28(14-12-26)10-7-25-32-31-23-21-30(22-24-31)20-19-29-17-15-27(16-18-29)9-6-4-2/h21-24,26-29H,3-20,25H2,1-2H3. The van der Waals surface area contributed by atoms with Gasteiger partial charge in [0.05, 0.1) is 6.61 Å². The summed E-state index contributed by atoms with van der Waals surface area (Å²) in [6, 6.07) is 9.02. The van der Waals surface area contributed by atoms with E-state index in [-0.39, 0.29) is 0 Å². The highest BCUT2D eigenvalue weighted by atomic mass is 16.5. The van der Waals surface area contributed by atoms with Gasteiger partial charge in [0.25, 0.3) is 0 Å². The van der Waals surface area contributed by atoms with E-state index in [1.807, 2.05) is 0 Å². The number of aryl methyl sites for hydroxylation is 1. The van der Waals surface area contributed by atoms with Gasteiger partial charge in [-0.3, -0.25) is 0 Å². The molecular formula is C31H52O. The van der Waals surface area contributed by atoms with E-state index in [1.165, 1.54) is 121 Å². The zero-order chi connectivity index (χ0) is 22.4. The minimum absolute atomic E-state index is 0.885. The summed E-state index contributed by atoms with van der Waals surface area (Å²) in [6.45, 7) is 5.53. The van der Waals surface area contributed by atoms with Crippen LogP contribution >= 0.6 is 0 Å². The molecule has 1 heteroatoms. The number of benzene rings is 1. The molecule has 0 atom stereocenters. The molecule has 1 nitrogen and oxygen atoms in total. The van der Waals surface area contributed by atoms with Crippen LogP contribution in [-0.4, -0.2) is 6.61 Å². The highest BCUT2D eigenvalue weighted by Gasteiger charge is 2.21. The normalized spacial score (nSPS) is 26.2. The third-order valence-corrected chi connectivity index (χ3v) is 8.65. The lowest BCUT2D eigenvalue weighted by Crippen LogP contribution is -2.15. The van der Waals surface area contributed by atoms with E-state index < -0.39 is 0 Å². The van der Waals surface area contributed by atoms with Crippen molar-refractivity contribution in [1.82, 2.24) is 0 Å². The van der Waals surface area contributed by atoms with E-state index in [2.05, 4.69) is 38.1 Å². The Kier molecular flexibility index (Phi) is 12.0. The van der Waals surface area contributed by atoms with Crippen LogP contribution in [0.4, 0.5) is 0 Å². The van der Waals surface area contributed by atoms with Crippen molar-refractivity contribution in [3.05, 3.63) is 29.8 Å². The second kappa shape index (κ2) is 15.0. The first kappa shape index (κ1) is 25.6. The first-order chi connectivity index (χ1) is 15.8. The zero-order valence-electron chi connectivity index (χ0n) is 21.5. The van der Waals surface area contributed by atoms with Crippen LogP contribution in [-0.2, 0) is 6.42 Å². The van der Waals surface area contributed by atoms with Crippen molar-refractivity contribution in [3.8, 4) is 5.75 Å². The van der Waals surface area contributed by atoms with Crippen molar-refractivity contribution in [2.45, 2.75) is 129 Å². The average molecular weight is 441 g/mol. The molecule has 1 aromatic rings. The lowest BCUT2D eigenvalue weighted by Gasteiger charge is -2.28. The van der Waals surface area contributed by atoms with Crippen molar-refractivity contribution in [2.75, 3.05) is 6.61 Å². The Balaban J connectivity index is 1.23. The maximum Gasteiger partial charge on any atom is 0.119 e. The molecule has 2 fully saturated rings. The SMILES string of the molecule is CCCCC1CCC(CCCOc2ccc(CCC3CCC(CCCC)CC3)cc2)CC1. The van der Waals surface area contributed by atoms with Gasteiger partial charge in [0, 0.05) is 0 Å². The van der Waals surface area contributed by atoms with Crippen LogP contribution in [0.2, 0.25) is 0 Å². The highest BCUT2D eigenvalue weighted by molar-refractivity contribution is 5.27. The first-order valence-electron chi connectivity index (χ1n) is 14.5. The quantitative estimate of drug-likeness (QED) is 0.261. The number of rotatable bonds is 14. The highest BCUT2D eigenvalue weighted by Crippen LogP contribution is 2.35. The van der Waals surface area contributed by atoms with Crippen LogP contribution in [0.25, 0.3) is 0 Å². The van der Waals surface area contributed by atoms with Gasteiger partial charge in [0.2, 0.25) is 0 Å². The predicted molar refractivity (Wildman–Crippen MR) is 139 cm³/mol. The van der Waals surface area contributed by atoms with Gasteiger partial charge in [-0.05, 0) is 67.1 Å². The maximum atomic E-state index is 6.06.